The average molecular weight is 179 g/mol. The van der Waals surface area contributed by atoms with E-state index in [1.807, 2.05) is 16.9 Å². The van der Waals surface area contributed by atoms with Gasteiger partial charge in [0.15, 0.2) is 6.10 Å². The highest BCUT2D eigenvalue weighted by atomic mass is 16.5. The number of hydrogen-bond acceptors (Lipinski definition) is 3. The third-order valence-corrected chi connectivity index (χ3v) is 1.76. The van der Waals surface area contributed by atoms with Crippen LogP contribution in [0.2, 0.25) is 0 Å². The van der Waals surface area contributed by atoms with Gasteiger partial charge in [-0.05, 0) is 6.42 Å². The number of nitriles is 1. The van der Waals surface area contributed by atoms with E-state index in [4.69, 9.17) is 10.00 Å². The maximum absolute atomic E-state index is 8.71. The normalized spacial score (nSPS) is 12.4. The molecule has 1 atom stereocenters. The Labute approximate surface area is 77.7 Å². The molecule has 0 fully saturated rings. The van der Waals surface area contributed by atoms with Crippen molar-refractivity contribution in [2.75, 3.05) is 7.11 Å². The van der Waals surface area contributed by atoms with Crippen LogP contribution >= 0.6 is 0 Å². The summed E-state index contributed by atoms with van der Waals surface area (Å²) in [6.45, 7) is 2.96. The lowest BCUT2D eigenvalue weighted by atomic mass is 10.2. The van der Waals surface area contributed by atoms with Gasteiger partial charge in [0, 0.05) is 25.4 Å². The van der Waals surface area contributed by atoms with Gasteiger partial charge in [-0.25, -0.2) is 0 Å². The quantitative estimate of drug-likeness (QED) is 0.703. The minimum Gasteiger partial charge on any atom is -0.362 e. The van der Waals surface area contributed by atoms with Crippen LogP contribution in [0.3, 0.4) is 0 Å². The van der Waals surface area contributed by atoms with Crippen LogP contribution in [0.15, 0.2) is 12.4 Å². The SMILES string of the molecule is CCCn1cc(C(C#N)OC)cn1. The first kappa shape index (κ1) is 9.75. The third kappa shape index (κ3) is 2.30. The van der Waals surface area contributed by atoms with E-state index in [9.17, 15) is 0 Å². The van der Waals surface area contributed by atoms with Crippen molar-refractivity contribution in [3.05, 3.63) is 18.0 Å². The molecule has 0 N–H and O–H groups in total. The molecule has 0 aliphatic carbocycles. The summed E-state index contributed by atoms with van der Waals surface area (Å²) in [5.74, 6) is 0. The largest absolute Gasteiger partial charge is 0.362 e. The lowest BCUT2D eigenvalue weighted by Gasteiger charge is -2.01. The van der Waals surface area contributed by atoms with Crippen LogP contribution in [-0.2, 0) is 11.3 Å². The summed E-state index contributed by atoms with van der Waals surface area (Å²) >= 11 is 0. The van der Waals surface area contributed by atoms with Crippen molar-refractivity contribution in [2.45, 2.75) is 26.0 Å². The molecule has 0 aliphatic rings. The number of aryl methyl sites for hydroxylation is 1. The van der Waals surface area contributed by atoms with Crippen molar-refractivity contribution >= 4 is 0 Å². The Morgan fingerprint density at radius 1 is 1.77 bits per heavy atom. The lowest BCUT2D eigenvalue weighted by molar-refractivity contribution is 0.148. The van der Waals surface area contributed by atoms with Crippen LogP contribution in [0.1, 0.15) is 25.0 Å². The molecule has 13 heavy (non-hydrogen) atoms. The van der Waals surface area contributed by atoms with Crippen molar-refractivity contribution < 1.29 is 4.74 Å². The minimum absolute atomic E-state index is 0.495. The van der Waals surface area contributed by atoms with Crippen LogP contribution in [0.4, 0.5) is 0 Å². The van der Waals surface area contributed by atoms with E-state index >= 15 is 0 Å². The first-order valence-electron chi connectivity index (χ1n) is 4.26. The molecule has 4 heteroatoms. The number of ether oxygens (including phenoxy) is 1. The number of aromatic nitrogens is 2. The second-order valence-electron chi connectivity index (χ2n) is 2.78. The fourth-order valence-electron chi connectivity index (χ4n) is 1.13. The van der Waals surface area contributed by atoms with E-state index in [0.29, 0.717) is 0 Å². The Balaban J connectivity index is 2.73. The second kappa shape index (κ2) is 4.63. The van der Waals surface area contributed by atoms with Crippen LogP contribution < -0.4 is 0 Å². The van der Waals surface area contributed by atoms with Gasteiger partial charge in [-0.3, -0.25) is 4.68 Å². The molecule has 1 rings (SSSR count). The molecule has 0 spiro atoms. The maximum Gasteiger partial charge on any atom is 0.171 e. The predicted molar refractivity (Wildman–Crippen MR) is 47.9 cm³/mol. The molecule has 0 aromatic carbocycles. The van der Waals surface area contributed by atoms with Crippen molar-refractivity contribution in [2.24, 2.45) is 0 Å². The van der Waals surface area contributed by atoms with E-state index in [1.54, 1.807) is 6.20 Å². The van der Waals surface area contributed by atoms with Crippen molar-refractivity contribution in [1.82, 2.24) is 9.78 Å². The molecular weight excluding hydrogens is 166 g/mol. The summed E-state index contributed by atoms with van der Waals surface area (Å²) in [5, 5.41) is 12.8. The zero-order chi connectivity index (χ0) is 9.68. The van der Waals surface area contributed by atoms with Crippen molar-refractivity contribution in [3.63, 3.8) is 0 Å². The summed E-state index contributed by atoms with van der Waals surface area (Å²) in [6.07, 6.45) is 4.06. The highest BCUT2D eigenvalue weighted by molar-refractivity contribution is 5.15. The highest BCUT2D eigenvalue weighted by Gasteiger charge is 2.10. The molecule has 1 aromatic heterocycles. The molecule has 1 heterocycles. The topological polar surface area (TPSA) is 50.8 Å². The molecule has 70 valence electrons. The first-order chi connectivity index (χ1) is 6.31. The zero-order valence-electron chi connectivity index (χ0n) is 7.90. The Bertz CT molecular complexity index is 300. The molecule has 0 bridgehead atoms. The van der Waals surface area contributed by atoms with Crippen LogP contribution in [0.5, 0.6) is 0 Å². The molecule has 0 saturated carbocycles. The van der Waals surface area contributed by atoms with E-state index in [0.717, 1.165) is 18.5 Å². The average Bonchev–Trinajstić information content (AvgIpc) is 2.56. The number of nitrogens with zero attached hydrogens (tertiary/aromatic N) is 3. The predicted octanol–water partition coefficient (Wildman–Crippen LogP) is 1.50. The standard InChI is InChI=1S/C9H13N3O/c1-3-4-12-7-8(6-11-12)9(5-10)13-2/h6-7,9H,3-4H2,1-2H3. The lowest BCUT2D eigenvalue weighted by Crippen LogP contribution is -1.98. The zero-order valence-corrected chi connectivity index (χ0v) is 7.90. The van der Waals surface area contributed by atoms with E-state index < -0.39 is 6.10 Å². The Morgan fingerprint density at radius 2 is 2.54 bits per heavy atom. The van der Waals surface area contributed by atoms with Crippen molar-refractivity contribution in [1.29, 1.82) is 5.26 Å². The number of methoxy groups -OCH3 is 1. The fourth-order valence-corrected chi connectivity index (χ4v) is 1.13. The van der Waals surface area contributed by atoms with Gasteiger partial charge in [0.05, 0.1) is 12.3 Å². The van der Waals surface area contributed by atoms with Gasteiger partial charge in [-0.2, -0.15) is 10.4 Å². The first-order valence-corrected chi connectivity index (χ1v) is 4.26. The van der Waals surface area contributed by atoms with E-state index in [1.165, 1.54) is 7.11 Å². The molecular formula is C9H13N3O. The minimum atomic E-state index is -0.495. The summed E-state index contributed by atoms with van der Waals surface area (Å²) in [5.41, 5.74) is 0.818. The van der Waals surface area contributed by atoms with E-state index in [-0.39, 0.29) is 0 Å². The van der Waals surface area contributed by atoms with Gasteiger partial charge in [0.25, 0.3) is 0 Å². The van der Waals surface area contributed by atoms with Gasteiger partial charge in [-0.1, -0.05) is 6.92 Å². The highest BCUT2D eigenvalue weighted by Crippen LogP contribution is 2.13. The monoisotopic (exact) mass is 179 g/mol. The van der Waals surface area contributed by atoms with Gasteiger partial charge >= 0.3 is 0 Å². The summed E-state index contributed by atoms with van der Waals surface area (Å²) in [7, 11) is 1.52. The number of hydrogen-bond donors (Lipinski definition) is 0. The molecule has 0 radical (unpaired) electrons. The van der Waals surface area contributed by atoms with Crippen LogP contribution in [0.25, 0.3) is 0 Å². The van der Waals surface area contributed by atoms with Gasteiger partial charge < -0.3 is 4.74 Å². The van der Waals surface area contributed by atoms with E-state index in [2.05, 4.69) is 12.0 Å². The van der Waals surface area contributed by atoms with Crippen LogP contribution in [0, 0.1) is 11.3 Å². The van der Waals surface area contributed by atoms with Crippen molar-refractivity contribution in [3.8, 4) is 6.07 Å². The van der Waals surface area contributed by atoms with Gasteiger partial charge in [0.2, 0.25) is 0 Å². The van der Waals surface area contributed by atoms with Gasteiger partial charge in [-0.15, -0.1) is 0 Å². The molecule has 0 amide bonds. The molecule has 4 nitrogen and oxygen atoms in total. The Hall–Kier alpha value is -1.34. The third-order valence-electron chi connectivity index (χ3n) is 1.76. The summed E-state index contributed by atoms with van der Waals surface area (Å²) < 4.78 is 6.78. The van der Waals surface area contributed by atoms with Crippen LogP contribution in [-0.4, -0.2) is 16.9 Å². The maximum atomic E-state index is 8.71. The Kier molecular flexibility index (Phi) is 3.47. The van der Waals surface area contributed by atoms with Gasteiger partial charge in [0.1, 0.15) is 0 Å². The molecule has 0 aliphatic heterocycles. The molecule has 1 aromatic rings. The fraction of sp³-hybridized carbons (Fsp3) is 0.556. The summed E-state index contributed by atoms with van der Waals surface area (Å²) in [4.78, 5) is 0. The number of rotatable bonds is 4. The molecule has 0 saturated heterocycles. The molecule has 1 unspecified atom stereocenters. The smallest absolute Gasteiger partial charge is 0.171 e. The summed E-state index contributed by atoms with van der Waals surface area (Å²) in [6, 6.07) is 2.05. The Morgan fingerprint density at radius 3 is 3.08 bits per heavy atom. The second-order valence-corrected chi connectivity index (χ2v) is 2.78.